The molecule has 0 unspecified atom stereocenters. The molecule has 0 spiro atoms. The SMILES string of the molecule is COC(=O)[C@H]1Cc2cc3c(cc2C(=O)[C@H](C)S1)OCO3. The van der Waals surface area contributed by atoms with E-state index in [1.807, 2.05) is 6.92 Å². The van der Waals surface area contributed by atoms with Gasteiger partial charge >= 0.3 is 5.97 Å². The normalized spacial score (nSPS) is 24.0. The lowest BCUT2D eigenvalue weighted by atomic mass is 9.97. The molecule has 20 heavy (non-hydrogen) atoms. The maximum atomic E-state index is 12.4. The average molecular weight is 294 g/mol. The molecule has 5 nitrogen and oxygen atoms in total. The van der Waals surface area contributed by atoms with Crippen molar-refractivity contribution in [1.82, 2.24) is 0 Å². The molecule has 0 saturated heterocycles. The van der Waals surface area contributed by atoms with Gasteiger partial charge in [-0.15, -0.1) is 11.8 Å². The molecule has 0 aliphatic carbocycles. The molecular formula is C14H14O5S. The summed E-state index contributed by atoms with van der Waals surface area (Å²) in [4.78, 5) is 24.2. The minimum absolute atomic E-state index is 0.00898. The summed E-state index contributed by atoms with van der Waals surface area (Å²) in [7, 11) is 1.36. The number of carbonyl (C=O) groups excluding carboxylic acids is 2. The Bertz CT molecular complexity index is 583. The van der Waals surface area contributed by atoms with Crippen LogP contribution < -0.4 is 9.47 Å². The average Bonchev–Trinajstić information content (AvgIpc) is 2.86. The minimum Gasteiger partial charge on any atom is -0.468 e. The first-order valence-electron chi connectivity index (χ1n) is 6.30. The summed E-state index contributed by atoms with van der Waals surface area (Å²) >= 11 is 1.34. The van der Waals surface area contributed by atoms with Crippen LogP contribution in [0, 0.1) is 0 Å². The third kappa shape index (κ3) is 2.14. The predicted octanol–water partition coefficient (Wildman–Crippen LogP) is 1.82. The summed E-state index contributed by atoms with van der Waals surface area (Å²) in [6.45, 7) is 1.97. The van der Waals surface area contributed by atoms with Crippen LogP contribution in [0.25, 0.3) is 0 Å². The van der Waals surface area contributed by atoms with E-state index in [2.05, 4.69) is 0 Å². The Balaban J connectivity index is 2.04. The van der Waals surface area contributed by atoms with Crippen molar-refractivity contribution in [3.8, 4) is 11.5 Å². The highest BCUT2D eigenvalue weighted by Gasteiger charge is 2.34. The zero-order valence-corrected chi connectivity index (χ0v) is 12.0. The standard InChI is InChI=1S/C14H14O5S/c1-7-13(15)9-5-11-10(18-6-19-11)3-8(9)4-12(20-7)14(16)17-2/h3,5,7,12H,4,6H2,1-2H3/t7-,12+/m0/s1. The van der Waals surface area contributed by atoms with Crippen LogP contribution in [0.2, 0.25) is 0 Å². The monoisotopic (exact) mass is 294 g/mol. The molecule has 0 radical (unpaired) electrons. The number of rotatable bonds is 1. The molecule has 0 N–H and O–H groups in total. The number of methoxy groups -OCH3 is 1. The van der Waals surface area contributed by atoms with Gasteiger partial charge in [-0.3, -0.25) is 9.59 Å². The second kappa shape index (κ2) is 5.01. The Kier molecular flexibility index (Phi) is 3.33. The first kappa shape index (κ1) is 13.3. The zero-order valence-electron chi connectivity index (χ0n) is 11.2. The van der Waals surface area contributed by atoms with Gasteiger partial charge in [-0.05, 0) is 31.0 Å². The molecule has 2 atom stereocenters. The molecule has 1 aromatic rings. The highest BCUT2D eigenvalue weighted by Crippen LogP contribution is 2.39. The van der Waals surface area contributed by atoms with Gasteiger partial charge in [-0.25, -0.2) is 0 Å². The van der Waals surface area contributed by atoms with E-state index in [1.165, 1.54) is 18.9 Å². The van der Waals surface area contributed by atoms with Crippen molar-refractivity contribution < 1.29 is 23.8 Å². The zero-order chi connectivity index (χ0) is 14.3. The van der Waals surface area contributed by atoms with Crippen molar-refractivity contribution >= 4 is 23.5 Å². The van der Waals surface area contributed by atoms with Crippen LogP contribution in [0.15, 0.2) is 12.1 Å². The first-order valence-corrected chi connectivity index (χ1v) is 7.24. The van der Waals surface area contributed by atoms with Crippen molar-refractivity contribution in [1.29, 1.82) is 0 Å². The second-order valence-corrected chi connectivity index (χ2v) is 6.27. The fourth-order valence-corrected chi connectivity index (χ4v) is 3.65. The third-order valence-corrected chi connectivity index (χ3v) is 4.78. The number of fused-ring (bicyclic) bond motifs is 2. The van der Waals surface area contributed by atoms with Gasteiger partial charge in [0.2, 0.25) is 6.79 Å². The van der Waals surface area contributed by atoms with Crippen molar-refractivity contribution in [3.05, 3.63) is 23.3 Å². The molecule has 0 fully saturated rings. The van der Waals surface area contributed by atoms with E-state index >= 15 is 0 Å². The molecule has 2 aliphatic rings. The van der Waals surface area contributed by atoms with Gasteiger partial charge in [0, 0.05) is 5.56 Å². The van der Waals surface area contributed by atoms with Crippen LogP contribution >= 0.6 is 11.8 Å². The van der Waals surface area contributed by atoms with Crippen LogP contribution in [0.3, 0.4) is 0 Å². The van der Waals surface area contributed by atoms with Crippen LogP contribution in [-0.4, -0.2) is 36.2 Å². The van der Waals surface area contributed by atoms with Crippen molar-refractivity contribution in [3.63, 3.8) is 0 Å². The summed E-state index contributed by atoms with van der Waals surface area (Å²) in [5.41, 5.74) is 1.42. The summed E-state index contributed by atoms with van der Waals surface area (Å²) in [6.07, 6.45) is 0.458. The predicted molar refractivity (Wildman–Crippen MR) is 73.5 cm³/mol. The van der Waals surface area contributed by atoms with Crippen LogP contribution in [0.5, 0.6) is 11.5 Å². The summed E-state index contributed by atoms with van der Waals surface area (Å²) in [6, 6.07) is 3.51. The molecule has 0 saturated carbocycles. The van der Waals surface area contributed by atoms with E-state index in [0.29, 0.717) is 23.5 Å². The lowest BCUT2D eigenvalue weighted by Crippen LogP contribution is -2.23. The van der Waals surface area contributed by atoms with Gasteiger partial charge in [0.25, 0.3) is 0 Å². The number of esters is 1. The number of ether oxygens (including phenoxy) is 3. The molecule has 2 heterocycles. The maximum Gasteiger partial charge on any atom is 0.319 e. The lowest BCUT2D eigenvalue weighted by molar-refractivity contribution is -0.139. The van der Waals surface area contributed by atoms with E-state index in [4.69, 9.17) is 14.2 Å². The maximum absolute atomic E-state index is 12.4. The Hall–Kier alpha value is -1.69. The van der Waals surface area contributed by atoms with E-state index in [1.54, 1.807) is 12.1 Å². The number of carbonyl (C=O) groups is 2. The van der Waals surface area contributed by atoms with E-state index in [9.17, 15) is 9.59 Å². The smallest absolute Gasteiger partial charge is 0.319 e. The van der Waals surface area contributed by atoms with E-state index in [-0.39, 0.29) is 29.0 Å². The minimum atomic E-state index is -0.374. The van der Waals surface area contributed by atoms with Gasteiger partial charge in [0.05, 0.1) is 12.4 Å². The van der Waals surface area contributed by atoms with Gasteiger partial charge < -0.3 is 14.2 Å². The van der Waals surface area contributed by atoms with Crippen molar-refractivity contribution in [2.75, 3.05) is 13.9 Å². The highest BCUT2D eigenvalue weighted by molar-refractivity contribution is 8.01. The Morgan fingerprint density at radius 2 is 2.05 bits per heavy atom. The molecule has 0 aromatic heterocycles. The lowest BCUT2D eigenvalue weighted by Gasteiger charge is -2.13. The fourth-order valence-electron chi connectivity index (χ4n) is 2.43. The number of ketones is 1. The quantitative estimate of drug-likeness (QED) is 0.736. The number of Topliss-reactive ketones (excluding diaryl/α,β-unsaturated/α-hetero) is 1. The molecule has 0 amide bonds. The highest BCUT2D eigenvalue weighted by atomic mass is 32.2. The molecule has 3 rings (SSSR count). The van der Waals surface area contributed by atoms with E-state index in [0.717, 1.165) is 5.56 Å². The van der Waals surface area contributed by atoms with Gasteiger partial charge in [-0.2, -0.15) is 0 Å². The second-order valence-electron chi connectivity index (χ2n) is 4.72. The number of thioether (sulfide) groups is 1. The topological polar surface area (TPSA) is 61.8 Å². The third-order valence-electron chi connectivity index (χ3n) is 3.47. The number of hydrogen-bond donors (Lipinski definition) is 0. The fraction of sp³-hybridized carbons (Fsp3) is 0.429. The molecule has 1 aromatic carbocycles. The largest absolute Gasteiger partial charge is 0.468 e. The molecule has 106 valence electrons. The summed E-state index contributed by atoms with van der Waals surface area (Å²) < 4.78 is 15.5. The first-order chi connectivity index (χ1) is 9.60. The molecule has 0 bridgehead atoms. The molecule has 2 aliphatic heterocycles. The van der Waals surface area contributed by atoms with Crippen molar-refractivity contribution in [2.45, 2.75) is 23.8 Å². The van der Waals surface area contributed by atoms with Gasteiger partial charge in [0.1, 0.15) is 5.25 Å². The van der Waals surface area contributed by atoms with E-state index < -0.39 is 0 Å². The molecule has 6 heteroatoms. The van der Waals surface area contributed by atoms with Crippen molar-refractivity contribution in [2.24, 2.45) is 0 Å². The van der Waals surface area contributed by atoms with Crippen LogP contribution in [-0.2, 0) is 16.0 Å². The number of hydrogen-bond acceptors (Lipinski definition) is 6. The van der Waals surface area contributed by atoms with Gasteiger partial charge in [-0.1, -0.05) is 0 Å². The summed E-state index contributed by atoms with van der Waals surface area (Å²) in [5, 5.41) is -0.665. The van der Waals surface area contributed by atoms with Gasteiger partial charge in [0.15, 0.2) is 17.3 Å². The van der Waals surface area contributed by atoms with Crippen LogP contribution in [0.1, 0.15) is 22.8 Å². The van der Waals surface area contributed by atoms with Crippen LogP contribution in [0.4, 0.5) is 0 Å². The molecular weight excluding hydrogens is 280 g/mol. The Labute approximate surface area is 120 Å². The number of benzene rings is 1. The Morgan fingerprint density at radius 1 is 1.35 bits per heavy atom. The summed E-state index contributed by atoms with van der Waals surface area (Å²) in [5.74, 6) is 0.917. The Morgan fingerprint density at radius 3 is 2.75 bits per heavy atom.